The van der Waals surface area contributed by atoms with Gasteiger partial charge in [-0.05, 0) is 37.1 Å². The molecule has 2 N–H and O–H groups in total. The molecule has 1 fully saturated rings. The summed E-state index contributed by atoms with van der Waals surface area (Å²) in [6.45, 7) is 1.18. The van der Waals surface area contributed by atoms with Gasteiger partial charge in [-0.2, -0.15) is 0 Å². The molecule has 0 bridgehead atoms. The van der Waals surface area contributed by atoms with Gasteiger partial charge < -0.3 is 15.4 Å². The van der Waals surface area contributed by atoms with E-state index in [4.69, 9.17) is 15.5 Å². The van der Waals surface area contributed by atoms with E-state index in [0.29, 0.717) is 30.0 Å². The second kappa shape index (κ2) is 7.91. The van der Waals surface area contributed by atoms with E-state index in [1.165, 1.54) is 0 Å². The number of primary amides is 1. The van der Waals surface area contributed by atoms with Gasteiger partial charge in [0.25, 0.3) is 11.8 Å². The number of benzene rings is 2. The Morgan fingerprint density at radius 1 is 1.03 bits per heavy atom. The van der Waals surface area contributed by atoms with Crippen LogP contribution in [-0.4, -0.2) is 41.9 Å². The third kappa shape index (κ3) is 3.66. The molecule has 4 rings (SSSR count). The van der Waals surface area contributed by atoms with Crippen LogP contribution in [0.25, 0.3) is 10.9 Å². The van der Waals surface area contributed by atoms with Gasteiger partial charge in [-0.25, -0.2) is 0 Å². The number of nitrogens with two attached hydrogens (primary N) is 1. The molecule has 29 heavy (non-hydrogen) atoms. The van der Waals surface area contributed by atoms with Crippen LogP contribution < -0.4 is 10.5 Å². The number of carbonyl (C=O) groups excluding carboxylic acids is 2. The lowest BCUT2D eigenvalue weighted by molar-refractivity contribution is 0.0707. The highest BCUT2D eigenvalue weighted by Gasteiger charge is 2.29. The third-order valence-electron chi connectivity index (χ3n) is 5.53. The van der Waals surface area contributed by atoms with Crippen LogP contribution >= 0.6 is 0 Å². The van der Waals surface area contributed by atoms with Crippen molar-refractivity contribution in [3.63, 3.8) is 0 Å². The molecule has 0 saturated carbocycles. The second-order valence-electron chi connectivity index (χ2n) is 7.24. The lowest BCUT2D eigenvalue weighted by atomic mass is 9.89. The number of pyridine rings is 1. The summed E-state index contributed by atoms with van der Waals surface area (Å²) in [4.78, 5) is 31.6. The largest absolute Gasteiger partial charge is 0.496 e. The number of para-hydroxylation sites is 2. The zero-order valence-corrected chi connectivity index (χ0v) is 16.3. The first-order chi connectivity index (χ1) is 14.1. The monoisotopic (exact) mass is 389 g/mol. The fraction of sp³-hybridized carbons (Fsp3) is 0.261. The number of methoxy groups -OCH3 is 1. The van der Waals surface area contributed by atoms with Gasteiger partial charge in [-0.1, -0.05) is 30.3 Å². The van der Waals surface area contributed by atoms with E-state index >= 15 is 0 Å². The molecule has 0 atom stereocenters. The topological polar surface area (TPSA) is 85.5 Å². The first-order valence-electron chi connectivity index (χ1n) is 9.70. The number of aromatic nitrogens is 1. The van der Waals surface area contributed by atoms with Crippen LogP contribution in [-0.2, 0) is 0 Å². The average molecular weight is 389 g/mol. The number of fused-ring (bicyclic) bond motifs is 1. The van der Waals surface area contributed by atoms with Gasteiger partial charge in [0.2, 0.25) is 0 Å². The predicted octanol–water partition coefficient (Wildman–Crippen LogP) is 3.36. The van der Waals surface area contributed by atoms with Crippen LogP contribution in [0, 0.1) is 0 Å². The van der Waals surface area contributed by atoms with Crippen LogP contribution in [0.3, 0.4) is 0 Å². The van der Waals surface area contributed by atoms with Crippen molar-refractivity contribution in [3.8, 4) is 5.75 Å². The van der Waals surface area contributed by atoms with E-state index in [1.54, 1.807) is 19.2 Å². The Kier molecular flexibility index (Phi) is 5.16. The Morgan fingerprint density at radius 2 is 1.72 bits per heavy atom. The Morgan fingerprint density at radius 3 is 2.45 bits per heavy atom. The van der Waals surface area contributed by atoms with Crippen molar-refractivity contribution in [1.29, 1.82) is 0 Å². The van der Waals surface area contributed by atoms with E-state index < -0.39 is 5.91 Å². The summed E-state index contributed by atoms with van der Waals surface area (Å²) in [5, 5.41) is 0.897. The maximum atomic E-state index is 12.9. The summed E-state index contributed by atoms with van der Waals surface area (Å²) in [6, 6.07) is 16.8. The SMILES string of the molecule is COc1ccccc1C(=O)N1CCC(c2nc3ccccc3cc2C(N)=O)CC1. The fourth-order valence-electron chi connectivity index (χ4n) is 3.99. The number of nitrogens with zero attached hydrogens (tertiary/aromatic N) is 2. The molecule has 1 aliphatic heterocycles. The maximum Gasteiger partial charge on any atom is 0.257 e. The summed E-state index contributed by atoms with van der Waals surface area (Å²) in [7, 11) is 1.56. The van der Waals surface area contributed by atoms with Crippen LogP contribution in [0.4, 0.5) is 0 Å². The molecule has 0 spiro atoms. The minimum absolute atomic E-state index is 0.0394. The summed E-state index contributed by atoms with van der Waals surface area (Å²) < 4.78 is 5.32. The van der Waals surface area contributed by atoms with Crippen LogP contribution in [0.1, 0.15) is 45.2 Å². The lowest BCUT2D eigenvalue weighted by Gasteiger charge is -2.32. The third-order valence-corrected chi connectivity index (χ3v) is 5.53. The quantitative estimate of drug-likeness (QED) is 0.741. The summed E-state index contributed by atoms with van der Waals surface area (Å²) in [5.74, 6) is 0.156. The van der Waals surface area contributed by atoms with Crippen molar-refractivity contribution in [2.75, 3.05) is 20.2 Å². The van der Waals surface area contributed by atoms with Crippen LogP contribution in [0.5, 0.6) is 5.75 Å². The van der Waals surface area contributed by atoms with E-state index in [2.05, 4.69) is 0 Å². The van der Waals surface area contributed by atoms with Crippen LogP contribution in [0.15, 0.2) is 54.6 Å². The predicted molar refractivity (Wildman–Crippen MR) is 111 cm³/mol. The van der Waals surface area contributed by atoms with Crippen molar-refractivity contribution < 1.29 is 14.3 Å². The first-order valence-corrected chi connectivity index (χ1v) is 9.70. The molecule has 1 saturated heterocycles. The van der Waals surface area contributed by atoms with Gasteiger partial charge in [-0.15, -0.1) is 0 Å². The molecular formula is C23H23N3O3. The van der Waals surface area contributed by atoms with Crippen molar-refractivity contribution in [2.24, 2.45) is 5.73 Å². The van der Waals surface area contributed by atoms with Gasteiger partial charge in [-0.3, -0.25) is 14.6 Å². The average Bonchev–Trinajstić information content (AvgIpc) is 2.77. The van der Waals surface area contributed by atoms with E-state index in [-0.39, 0.29) is 11.8 Å². The zero-order chi connectivity index (χ0) is 20.4. The number of amides is 2. The van der Waals surface area contributed by atoms with Crippen molar-refractivity contribution in [1.82, 2.24) is 9.88 Å². The first kappa shape index (κ1) is 18.9. The molecule has 1 aliphatic rings. The number of likely N-dealkylation sites (tertiary alicyclic amines) is 1. The number of carbonyl (C=O) groups is 2. The van der Waals surface area contributed by atoms with Crippen molar-refractivity contribution in [2.45, 2.75) is 18.8 Å². The number of piperidine rings is 1. The normalized spacial score (nSPS) is 14.7. The zero-order valence-electron chi connectivity index (χ0n) is 16.3. The fourth-order valence-corrected chi connectivity index (χ4v) is 3.99. The number of hydrogen-bond donors (Lipinski definition) is 1. The molecule has 3 aromatic rings. The number of rotatable bonds is 4. The summed E-state index contributed by atoms with van der Waals surface area (Å²) in [6.07, 6.45) is 1.46. The molecule has 6 heteroatoms. The van der Waals surface area contributed by atoms with Gasteiger partial charge in [0.15, 0.2) is 0 Å². The highest BCUT2D eigenvalue weighted by molar-refractivity contribution is 5.98. The van der Waals surface area contributed by atoms with Crippen molar-refractivity contribution in [3.05, 3.63) is 71.4 Å². The van der Waals surface area contributed by atoms with Gasteiger partial charge >= 0.3 is 0 Å². The minimum Gasteiger partial charge on any atom is -0.496 e. The standard InChI is InChI=1S/C23H23N3O3/c1-29-20-9-5-3-7-17(20)23(28)26-12-10-15(11-13-26)21-18(22(24)27)14-16-6-2-4-8-19(16)25-21/h2-9,14-15H,10-13H2,1H3,(H2,24,27). The molecule has 148 valence electrons. The Bertz CT molecular complexity index is 1070. The molecule has 0 radical (unpaired) electrons. The molecular weight excluding hydrogens is 366 g/mol. The smallest absolute Gasteiger partial charge is 0.257 e. The summed E-state index contributed by atoms with van der Waals surface area (Å²) >= 11 is 0. The highest BCUT2D eigenvalue weighted by Crippen LogP contribution is 2.32. The molecule has 0 unspecified atom stereocenters. The Hall–Kier alpha value is -3.41. The number of hydrogen-bond acceptors (Lipinski definition) is 4. The van der Waals surface area contributed by atoms with Gasteiger partial charge in [0.1, 0.15) is 5.75 Å². The van der Waals surface area contributed by atoms with E-state index in [0.717, 1.165) is 29.4 Å². The van der Waals surface area contributed by atoms with E-state index in [1.807, 2.05) is 47.4 Å². The van der Waals surface area contributed by atoms with E-state index in [9.17, 15) is 9.59 Å². The van der Waals surface area contributed by atoms with Gasteiger partial charge in [0, 0.05) is 24.4 Å². The maximum absolute atomic E-state index is 12.9. The molecule has 2 heterocycles. The van der Waals surface area contributed by atoms with Gasteiger partial charge in [0.05, 0.1) is 29.4 Å². The lowest BCUT2D eigenvalue weighted by Crippen LogP contribution is -2.38. The molecule has 6 nitrogen and oxygen atoms in total. The highest BCUT2D eigenvalue weighted by atomic mass is 16.5. The van der Waals surface area contributed by atoms with Crippen LogP contribution in [0.2, 0.25) is 0 Å². The molecule has 0 aliphatic carbocycles. The Labute approximate surface area is 169 Å². The summed E-state index contributed by atoms with van der Waals surface area (Å²) in [5.41, 5.74) is 8.26. The number of ether oxygens (including phenoxy) is 1. The molecule has 1 aromatic heterocycles. The second-order valence-corrected chi connectivity index (χ2v) is 7.24. The van der Waals surface area contributed by atoms with Crippen molar-refractivity contribution >= 4 is 22.7 Å². The molecule has 2 amide bonds. The minimum atomic E-state index is -0.467. The molecule has 2 aromatic carbocycles. The Balaban J connectivity index is 1.56.